The Balaban J connectivity index is 1.34. The summed E-state index contributed by atoms with van der Waals surface area (Å²) < 4.78 is 0. The molecule has 5 nitrogen and oxygen atoms in total. The Kier molecular flexibility index (Phi) is 4.14. The maximum Gasteiger partial charge on any atom is 0.224 e. The zero-order valence-electron chi connectivity index (χ0n) is 14.3. The molecule has 1 atom stereocenters. The number of aromatic nitrogens is 2. The summed E-state index contributed by atoms with van der Waals surface area (Å²) in [5.41, 5.74) is 4.25. The Labute approximate surface area is 147 Å². The fourth-order valence-corrected chi connectivity index (χ4v) is 3.43. The molecule has 5 heteroatoms. The van der Waals surface area contributed by atoms with Crippen LogP contribution < -0.4 is 10.2 Å². The van der Waals surface area contributed by atoms with Gasteiger partial charge in [-0.3, -0.25) is 9.78 Å². The van der Waals surface area contributed by atoms with Crippen LogP contribution in [0.4, 0.5) is 5.69 Å². The molecule has 1 amide bonds. The predicted molar refractivity (Wildman–Crippen MR) is 99.7 cm³/mol. The van der Waals surface area contributed by atoms with E-state index in [1.165, 1.54) is 5.39 Å². The van der Waals surface area contributed by atoms with Crippen LogP contribution in [0.25, 0.3) is 10.9 Å². The van der Waals surface area contributed by atoms with Gasteiger partial charge in [-0.2, -0.15) is 0 Å². The van der Waals surface area contributed by atoms with E-state index in [9.17, 15) is 4.79 Å². The van der Waals surface area contributed by atoms with Crippen LogP contribution in [0.3, 0.4) is 0 Å². The molecule has 25 heavy (non-hydrogen) atoms. The highest BCUT2D eigenvalue weighted by Gasteiger charge is 2.24. The second-order valence-corrected chi connectivity index (χ2v) is 6.73. The molecule has 1 fully saturated rings. The smallest absolute Gasteiger partial charge is 0.224 e. The van der Waals surface area contributed by atoms with Gasteiger partial charge in [0.15, 0.2) is 0 Å². The summed E-state index contributed by atoms with van der Waals surface area (Å²) in [6.45, 7) is 3.78. The highest BCUT2D eigenvalue weighted by atomic mass is 16.1. The van der Waals surface area contributed by atoms with E-state index in [0.717, 1.165) is 42.0 Å². The van der Waals surface area contributed by atoms with Gasteiger partial charge in [0.2, 0.25) is 5.91 Å². The summed E-state index contributed by atoms with van der Waals surface area (Å²) in [6, 6.07) is 12.5. The number of hydrogen-bond acceptors (Lipinski definition) is 3. The van der Waals surface area contributed by atoms with Gasteiger partial charge in [-0.15, -0.1) is 0 Å². The molecule has 0 radical (unpaired) electrons. The average Bonchev–Trinajstić information content (AvgIpc) is 3.24. The highest BCUT2D eigenvalue weighted by molar-refractivity contribution is 5.83. The fraction of sp³-hybridized carbons (Fsp3) is 0.300. The van der Waals surface area contributed by atoms with Crippen molar-refractivity contribution in [2.75, 3.05) is 18.0 Å². The molecule has 0 saturated carbocycles. The second kappa shape index (κ2) is 6.59. The maximum atomic E-state index is 12.4. The van der Waals surface area contributed by atoms with Crippen LogP contribution in [0.2, 0.25) is 0 Å². The van der Waals surface area contributed by atoms with Gasteiger partial charge in [0.1, 0.15) is 0 Å². The molecule has 3 aromatic rings. The lowest BCUT2D eigenvalue weighted by Gasteiger charge is -2.18. The molecule has 1 saturated heterocycles. The SMILES string of the molecule is Cc1ccc(N2CC[C@@H](NC(=O)Cc3ccc4cc[nH]c4c3)C2)cn1. The minimum Gasteiger partial charge on any atom is -0.368 e. The Morgan fingerprint density at radius 1 is 1.32 bits per heavy atom. The topological polar surface area (TPSA) is 61.0 Å². The van der Waals surface area contributed by atoms with E-state index in [-0.39, 0.29) is 11.9 Å². The Morgan fingerprint density at radius 3 is 3.08 bits per heavy atom. The number of carbonyl (C=O) groups is 1. The zero-order chi connectivity index (χ0) is 17.2. The van der Waals surface area contributed by atoms with Gasteiger partial charge in [-0.25, -0.2) is 0 Å². The van der Waals surface area contributed by atoms with Crippen LogP contribution in [0, 0.1) is 6.92 Å². The molecule has 128 valence electrons. The number of hydrogen-bond donors (Lipinski definition) is 2. The molecule has 0 spiro atoms. The van der Waals surface area contributed by atoms with Crippen molar-refractivity contribution in [3.63, 3.8) is 0 Å². The summed E-state index contributed by atoms with van der Waals surface area (Å²) >= 11 is 0. The third kappa shape index (κ3) is 3.50. The summed E-state index contributed by atoms with van der Waals surface area (Å²) in [7, 11) is 0. The maximum absolute atomic E-state index is 12.4. The molecule has 1 aliphatic rings. The van der Waals surface area contributed by atoms with Crippen LogP contribution in [0.5, 0.6) is 0 Å². The number of H-pyrrole nitrogens is 1. The van der Waals surface area contributed by atoms with E-state index in [0.29, 0.717) is 6.42 Å². The number of nitrogens with one attached hydrogen (secondary N) is 2. The van der Waals surface area contributed by atoms with E-state index in [1.54, 1.807) is 0 Å². The Bertz CT molecular complexity index is 884. The van der Waals surface area contributed by atoms with Crippen LogP contribution >= 0.6 is 0 Å². The Morgan fingerprint density at radius 2 is 2.24 bits per heavy atom. The molecule has 4 rings (SSSR count). The molecule has 2 aromatic heterocycles. The summed E-state index contributed by atoms with van der Waals surface area (Å²) in [5.74, 6) is 0.0831. The van der Waals surface area contributed by atoms with Crippen molar-refractivity contribution in [2.24, 2.45) is 0 Å². The monoisotopic (exact) mass is 334 g/mol. The van der Waals surface area contributed by atoms with Crippen molar-refractivity contribution < 1.29 is 4.79 Å². The number of rotatable bonds is 4. The van der Waals surface area contributed by atoms with Gasteiger partial charge in [0.05, 0.1) is 18.3 Å². The number of pyridine rings is 1. The van der Waals surface area contributed by atoms with E-state index >= 15 is 0 Å². The number of aryl methyl sites for hydroxylation is 1. The van der Waals surface area contributed by atoms with Gasteiger partial charge >= 0.3 is 0 Å². The molecular weight excluding hydrogens is 312 g/mol. The first-order valence-corrected chi connectivity index (χ1v) is 8.70. The van der Waals surface area contributed by atoms with Crippen molar-refractivity contribution in [2.45, 2.75) is 25.8 Å². The molecule has 2 N–H and O–H groups in total. The molecule has 3 heterocycles. The molecule has 0 bridgehead atoms. The number of fused-ring (bicyclic) bond motifs is 1. The van der Waals surface area contributed by atoms with Crippen LogP contribution in [-0.4, -0.2) is 35.0 Å². The lowest BCUT2D eigenvalue weighted by atomic mass is 10.1. The number of amides is 1. The molecule has 0 aliphatic carbocycles. The minimum absolute atomic E-state index is 0.0831. The second-order valence-electron chi connectivity index (χ2n) is 6.73. The number of nitrogens with zero attached hydrogens (tertiary/aromatic N) is 2. The first kappa shape index (κ1) is 15.7. The lowest BCUT2D eigenvalue weighted by Crippen LogP contribution is -2.38. The largest absolute Gasteiger partial charge is 0.368 e. The average molecular weight is 334 g/mol. The zero-order valence-corrected chi connectivity index (χ0v) is 14.3. The number of benzene rings is 1. The molecular formula is C20H22N4O. The standard InChI is InChI=1S/C20H22N4O/c1-14-2-5-18(12-22-14)24-9-7-17(13-24)23-20(25)11-15-3-4-16-6-8-21-19(16)10-15/h2-6,8,10,12,17,21H,7,9,11,13H2,1H3,(H,23,25)/t17-/m1/s1. The van der Waals surface area contributed by atoms with Crippen molar-refractivity contribution in [3.8, 4) is 0 Å². The van der Waals surface area contributed by atoms with Crippen molar-refractivity contribution in [1.82, 2.24) is 15.3 Å². The van der Waals surface area contributed by atoms with Crippen LogP contribution in [0.15, 0.2) is 48.8 Å². The van der Waals surface area contributed by atoms with Crippen LogP contribution in [0.1, 0.15) is 17.7 Å². The Hall–Kier alpha value is -2.82. The molecule has 1 aromatic carbocycles. The first-order chi connectivity index (χ1) is 12.2. The minimum atomic E-state index is 0.0831. The lowest BCUT2D eigenvalue weighted by molar-refractivity contribution is -0.121. The summed E-state index contributed by atoms with van der Waals surface area (Å²) in [6.07, 6.45) is 5.21. The highest BCUT2D eigenvalue weighted by Crippen LogP contribution is 2.20. The number of aromatic amines is 1. The van der Waals surface area contributed by atoms with Crippen molar-refractivity contribution >= 4 is 22.5 Å². The number of anilines is 1. The normalized spacial score (nSPS) is 17.2. The molecule has 1 aliphatic heterocycles. The first-order valence-electron chi connectivity index (χ1n) is 8.70. The summed E-state index contributed by atoms with van der Waals surface area (Å²) in [4.78, 5) is 22.2. The van der Waals surface area contributed by atoms with E-state index in [1.807, 2.05) is 43.6 Å². The third-order valence-electron chi connectivity index (χ3n) is 4.80. The van der Waals surface area contributed by atoms with Crippen molar-refractivity contribution in [1.29, 1.82) is 0 Å². The fourth-order valence-electron chi connectivity index (χ4n) is 3.43. The van der Waals surface area contributed by atoms with E-state index in [2.05, 4.69) is 32.3 Å². The van der Waals surface area contributed by atoms with Gasteiger partial charge in [0, 0.05) is 36.5 Å². The van der Waals surface area contributed by atoms with Gasteiger partial charge in [0.25, 0.3) is 0 Å². The van der Waals surface area contributed by atoms with Gasteiger partial charge in [-0.05, 0) is 48.6 Å². The quantitative estimate of drug-likeness (QED) is 0.771. The van der Waals surface area contributed by atoms with E-state index < -0.39 is 0 Å². The van der Waals surface area contributed by atoms with Gasteiger partial charge < -0.3 is 15.2 Å². The number of carbonyl (C=O) groups excluding carboxylic acids is 1. The van der Waals surface area contributed by atoms with Crippen molar-refractivity contribution in [3.05, 3.63) is 60.0 Å². The molecule has 0 unspecified atom stereocenters. The van der Waals surface area contributed by atoms with Crippen LogP contribution in [-0.2, 0) is 11.2 Å². The third-order valence-corrected chi connectivity index (χ3v) is 4.80. The predicted octanol–water partition coefficient (Wildman–Crippen LogP) is 2.81. The summed E-state index contributed by atoms with van der Waals surface area (Å²) in [5, 5.41) is 4.34. The van der Waals surface area contributed by atoms with Gasteiger partial charge in [-0.1, -0.05) is 12.1 Å². The van der Waals surface area contributed by atoms with E-state index in [4.69, 9.17) is 0 Å².